The maximum Gasteiger partial charge on any atom is 0.151 e. The first-order valence-electron chi connectivity index (χ1n) is 11.5. The van der Waals surface area contributed by atoms with Gasteiger partial charge >= 0.3 is 0 Å². The molecule has 0 aromatic heterocycles. The number of hydrogen-bond donors (Lipinski definition) is 3. The van der Waals surface area contributed by atoms with Gasteiger partial charge < -0.3 is 25.0 Å². The van der Waals surface area contributed by atoms with Crippen LogP contribution in [0.25, 0.3) is 0 Å². The molecule has 0 fully saturated rings. The second kappa shape index (κ2) is 9.26. The van der Waals surface area contributed by atoms with Gasteiger partial charge in [0.05, 0.1) is 17.1 Å². The van der Waals surface area contributed by atoms with Crippen LogP contribution in [0.1, 0.15) is 33.4 Å². The summed E-state index contributed by atoms with van der Waals surface area (Å²) in [6, 6.07) is 18.2. The minimum atomic E-state index is 0.176. The molecule has 0 spiro atoms. The van der Waals surface area contributed by atoms with E-state index in [9.17, 15) is 15.3 Å². The Hall–Kier alpha value is -4.12. The number of hydrogen-bond acceptors (Lipinski definition) is 5. The molecule has 4 aromatic carbocycles. The zero-order valence-corrected chi connectivity index (χ0v) is 21.0. The van der Waals surface area contributed by atoms with Gasteiger partial charge in [-0.1, -0.05) is 18.2 Å². The number of benzene rings is 4. The number of phenolic OH excluding ortho intramolecular Hbond substituents is 3. The molecule has 0 saturated heterocycles. The second-order valence-corrected chi connectivity index (χ2v) is 9.12. The normalized spacial score (nSPS) is 10.9. The Bertz CT molecular complexity index is 1320. The number of para-hydroxylation sites is 2. The Labute approximate surface area is 206 Å². The molecule has 0 aliphatic heterocycles. The molecule has 0 saturated carbocycles. The van der Waals surface area contributed by atoms with Crippen LogP contribution in [0.5, 0.6) is 28.7 Å². The summed E-state index contributed by atoms with van der Waals surface area (Å²) in [5, 5.41) is 30.7. The van der Waals surface area contributed by atoms with Crippen molar-refractivity contribution >= 4 is 17.1 Å². The number of ether oxygens (including phenoxy) is 1. The smallest absolute Gasteiger partial charge is 0.151 e. The lowest BCUT2D eigenvalue weighted by molar-refractivity contribution is 0.446. The van der Waals surface area contributed by atoms with Crippen molar-refractivity contribution in [2.24, 2.45) is 0 Å². The van der Waals surface area contributed by atoms with Gasteiger partial charge in [-0.2, -0.15) is 0 Å². The van der Waals surface area contributed by atoms with Gasteiger partial charge in [0.1, 0.15) is 23.0 Å². The number of phenols is 3. The summed E-state index contributed by atoms with van der Waals surface area (Å²) in [5.41, 5.74) is 7.80. The summed E-state index contributed by atoms with van der Waals surface area (Å²) in [6.07, 6.45) is 0. The van der Waals surface area contributed by atoms with Gasteiger partial charge in [-0.3, -0.25) is 0 Å². The van der Waals surface area contributed by atoms with Crippen LogP contribution in [0.3, 0.4) is 0 Å². The Balaban J connectivity index is 2.01. The highest BCUT2D eigenvalue weighted by Crippen LogP contribution is 2.48. The summed E-state index contributed by atoms with van der Waals surface area (Å²) in [5.74, 6) is 1.81. The fourth-order valence-electron chi connectivity index (χ4n) is 4.74. The van der Waals surface area contributed by atoms with Gasteiger partial charge in [-0.25, -0.2) is 0 Å². The monoisotopic (exact) mass is 469 g/mol. The Kier molecular flexibility index (Phi) is 6.35. The van der Waals surface area contributed by atoms with Crippen molar-refractivity contribution in [1.29, 1.82) is 0 Å². The summed E-state index contributed by atoms with van der Waals surface area (Å²) in [4.78, 5) is 2.12. The largest absolute Gasteiger partial charge is 0.508 e. The van der Waals surface area contributed by atoms with Gasteiger partial charge in [-0.15, -0.1) is 0 Å². The quantitative estimate of drug-likeness (QED) is 0.277. The third-order valence-electron chi connectivity index (χ3n) is 6.29. The van der Waals surface area contributed by atoms with Crippen LogP contribution in [-0.2, 0) is 0 Å². The second-order valence-electron chi connectivity index (χ2n) is 9.12. The van der Waals surface area contributed by atoms with Gasteiger partial charge in [0.15, 0.2) is 5.75 Å². The van der Waals surface area contributed by atoms with Crippen molar-refractivity contribution in [2.45, 2.75) is 41.5 Å². The summed E-state index contributed by atoms with van der Waals surface area (Å²) in [6.45, 7) is 11.6. The van der Waals surface area contributed by atoms with E-state index in [0.717, 1.165) is 44.9 Å². The predicted octanol–water partition coefficient (Wildman–Crippen LogP) is 7.92. The average molecular weight is 470 g/mol. The molecule has 0 atom stereocenters. The minimum absolute atomic E-state index is 0.176. The predicted molar refractivity (Wildman–Crippen MR) is 141 cm³/mol. The van der Waals surface area contributed by atoms with E-state index in [0.29, 0.717) is 17.1 Å². The highest BCUT2D eigenvalue weighted by molar-refractivity contribution is 5.86. The van der Waals surface area contributed by atoms with Crippen LogP contribution in [-0.4, -0.2) is 15.3 Å². The topological polar surface area (TPSA) is 73.2 Å². The lowest BCUT2D eigenvalue weighted by Crippen LogP contribution is -2.16. The van der Waals surface area contributed by atoms with Crippen LogP contribution in [0.2, 0.25) is 0 Å². The highest BCUT2D eigenvalue weighted by Gasteiger charge is 2.25. The van der Waals surface area contributed by atoms with Crippen molar-refractivity contribution in [3.8, 4) is 28.7 Å². The molecule has 180 valence electrons. The fraction of sp³-hybridized carbons (Fsp3) is 0.200. The first-order valence-corrected chi connectivity index (χ1v) is 11.5. The molecular formula is C30H31NO4. The fourth-order valence-corrected chi connectivity index (χ4v) is 4.74. The van der Waals surface area contributed by atoms with Gasteiger partial charge in [-0.05, 0) is 112 Å². The molecule has 0 aliphatic carbocycles. The molecule has 0 aliphatic rings. The zero-order valence-electron chi connectivity index (χ0n) is 21.0. The van der Waals surface area contributed by atoms with E-state index < -0.39 is 0 Å². The van der Waals surface area contributed by atoms with E-state index >= 15 is 0 Å². The van der Waals surface area contributed by atoms with Gasteiger partial charge in [0.2, 0.25) is 0 Å². The first kappa shape index (κ1) is 24.0. The van der Waals surface area contributed by atoms with E-state index in [1.807, 2.05) is 71.9 Å². The highest BCUT2D eigenvalue weighted by atomic mass is 16.5. The van der Waals surface area contributed by atoms with Crippen molar-refractivity contribution in [3.05, 3.63) is 94.0 Å². The molecule has 0 unspecified atom stereocenters. The van der Waals surface area contributed by atoms with Gasteiger partial charge in [0.25, 0.3) is 0 Å². The van der Waals surface area contributed by atoms with Crippen LogP contribution in [0.15, 0.2) is 60.7 Å². The molecular weight excluding hydrogens is 438 g/mol. The molecule has 4 aromatic rings. The third-order valence-corrected chi connectivity index (χ3v) is 6.29. The number of rotatable bonds is 5. The van der Waals surface area contributed by atoms with Crippen molar-refractivity contribution < 1.29 is 20.1 Å². The Morgan fingerprint density at radius 2 is 1.09 bits per heavy atom. The molecule has 0 heterocycles. The van der Waals surface area contributed by atoms with Crippen molar-refractivity contribution in [1.82, 2.24) is 0 Å². The lowest BCUT2D eigenvalue weighted by atomic mass is 10.0. The van der Waals surface area contributed by atoms with E-state index in [2.05, 4.69) is 4.90 Å². The standard InChI is InChI=1S/C30H31NO4/c1-17-11-12-26(34)22(6)30(17)35-27-10-8-7-9-25(27)31(28-18(2)13-23(32)14-19(28)3)29-20(4)15-24(33)16-21(29)5/h7-16,32-34H,1-6H3. The van der Waals surface area contributed by atoms with Crippen LogP contribution in [0.4, 0.5) is 17.1 Å². The van der Waals surface area contributed by atoms with E-state index in [1.54, 1.807) is 30.3 Å². The molecule has 35 heavy (non-hydrogen) atoms. The number of anilines is 3. The third kappa shape index (κ3) is 4.50. The molecule has 0 radical (unpaired) electrons. The molecule has 0 bridgehead atoms. The van der Waals surface area contributed by atoms with Crippen molar-refractivity contribution in [2.75, 3.05) is 4.90 Å². The molecule has 4 rings (SSSR count). The summed E-state index contributed by atoms with van der Waals surface area (Å²) in [7, 11) is 0. The van der Waals surface area contributed by atoms with Crippen LogP contribution in [0, 0.1) is 41.5 Å². The summed E-state index contributed by atoms with van der Waals surface area (Å²) >= 11 is 0. The summed E-state index contributed by atoms with van der Waals surface area (Å²) < 4.78 is 6.48. The first-order chi connectivity index (χ1) is 16.6. The van der Waals surface area contributed by atoms with E-state index in [4.69, 9.17) is 4.74 Å². The van der Waals surface area contributed by atoms with Crippen LogP contribution < -0.4 is 9.64 Å². The lowest BCUT2D eigenvalue weighted by Gasteiger charge is -2.32. The van der Waals surface area contributed by atoms with Crippen LogP contribution >= 0.6 is 0 Å². The number of nitrogens with zero attached hydrogens (tertiary/aromatic N) is 1. The maximum atomic E-state index is 10.3. The van der Waals surface area contributed by atoms with E-state index in [1.165, 1.54) is 0 Å². The Morgan fingerprint density at radius 3 is 1.60 bits per heavy atom. The molecule has 5 heteroatoms. The van der Waals surface area contributed by atoms with E-state index in [-0.39, 0.29) is 17.2 Å². The van der Waals surface area contributed by atoms with Crippen molar-refractivity contribution in [3.63, 3.8) is 0 Å². The Morgan fingerprint density at radius 1 is 0.600 bits per heavy atom. The molecule has 0 amide bonds. The number of aryl methyl sites for hydroxylation is 5. The van der Waals surface area contributed by atoms with Gasteiger partial charge in [0, 0.05) is 5.56 Å². The SMILES string of the molecule is Cc1ccc(O)c(C)c1Oc1ccccc1N(c1c(C)cc(O)cc1C)c1c(C)cc(O)cc1C. The number of aromatic hydroxyl groups is 3. The average Bonchev–Trinajstić information content (AvgIpc) is 2.77. The zero-order chi connectivity index (χ0) is 25.4. The molecule has 3 N–H and O–H groups in total. The molecule has 5 nitrogen and oxygen atoms in total. The maximum absolute atomic E-state index is 10.3. The minimum Gasteiger partial charge on any atom is -0.508 e.